The number of amides is 2. The fraction of sp³-hybridized carbons (Fsp3) is 0.294. The predicted molar refractivity (Wildman–Crippen MR) is 102 cm³/mol. The van der Waals surface area contributed by atoms with Crippen LogP contribution in [0.5, 0.6) is 0 Å². The molecule has 1 heterocycles. The lowest BCUT2D eigenvalue weighted by Gasteiger charge is -2.25. The second-order valence-electron chi connectivity index (χ2n) is 6.35. The molecule has 2 rings (SSSR count). The minimum Gasteiger partial charge on any atom is -0.325 e. The quantitative estimate of drug-likeness (QED) is 0.769. The van der Waals surface area contributed by atoms with E-state index in [1.807, 2.05) is 32.2 Å². The Bertz CT molecular complexity index is 696. The van der Waals surface area contributed by atoms with Gasteiger partial charge in [-0.25, -0.2) is 0 Å². The van der Waals surface area contributed by atoms with E-state index in [1.165, 1.54) is 11.3 Å². The van der Waals surface area contributed by atoms with Gasteiger partial charge >= 0.3 is 0 Å². The van der Waals surface area contributed by atoms with Crippen LogP contribution in [-0.2, 0) is 4.79 Å². The van der Waals surface area contributed by atoms with Gasteiger partial charge in [0.2, 0.25) is 5.91 Å². The average molecular weight is 368 g/mol. The van der Waals surface area contributed by atoms with Gasteiger partial charge in [-0.2, -0.15) is 0 Å². The molecule has 1 atom stereocenters. The number of halogens is 1. The summed E-state index contributed by atoms with van der Waals surface area (Å²) in [6.07, 6.45) is 0. The monoisotopic (exact) mass is 367 g/mol. The van der Waals surface area contributed by atoms with Crippen LogP contribution >= 0.6 is 23.7 Å². The molecule has 2 aromatic rings. The topological polar surface area (TPSA) is 84.2 Å². The molecule has 0 unspecified atom stereocenters. The van der Waals surface area contributed by atoms with Gasteiger partial charge in [0.1, 0.15) is 0 Å². The molecule has 0 bridgehead atoms. The summed E-state index contributed by atoms with van der Waals surface area (Å²) in [5.74, 6) is -0.422. The van der Waals surface area contributed by atoms with Crippen molar-refractivity contribution in [1.82, 2.24) is 0 Å². The van der Waals surface area contributed by atoms with Crippen molar-refractivity contribution in [1.29, 1.82) is 0 Å². The number of carbonyl (C=O) groups excluding carboxylic acids is 2. The highest BCUT2D eigenvalue weighted by molar-refractivity contribution is 7.12. The zero-order chi connectivity index (χ0) is 17.0. The molecule has 1 aromatic heterocycles. The third-order valence-corrected chi connectivity index (χ3v) is 4.22. The molecule has 130 valence electrons. The Morgan fingerprint density at radius 2 is 1.71 bits per heavy atom. The van der Waals surface area contributed by atoms with Crippen molar-refractivity contribution in [2.45, 2.75) is 26.8 Å². The molecule has 0 saturated heterocycles. The van der Waals surface area contributed by atoms with E-state index in [0.717, 1.165) is 0 Å². The number of hydrogen-bond acceptors (Lipinski definition) is 4. The van der Waals surface area contributed by atoms with Crippen molar-refractivity contribution in [2.24, 2.45) is 11.1 Å². The van der Waals surface area contributed by atoms with Gasteiger partial charge in [0.05, 0.1) is 10.9 Å². The van der Waals surface area contributed by atoms with E-state index >= 15 is 0 Å². The first kappa shape index (κ1) is 20.2. The molecular formula is C17H22ClN3O2S. The van der Waals surface area contributed by atoms with Crippen molar-refractivity contribution < 1.29 is 9.59 Å². The summed E-state index contributed by atoms with van der Waals surface area (Å²) in [7, 11) is 0. The highest BCUT2D eigenvalue weighted by Crippen LogP contribution is 2.21. The lowest BCUT2D eigenvalue weighted by molar-refractivity contribution is -0.119. The zero-order valence-electron chi connectivity index (χ0n) is 13.8. The summed E-state index contributed by atoms with van der Waals surface area (Å²) in [6.45, 7) is 5.73. The minimum absolute atomic E-state index is 0. The van der Waals surface area contributed by atoms with Gasteiger partial charge in [0, 0.05) is 11.4 Å². The molecule has 0 aliphatic heterocycles. The fourth-order valence-electron chi connectivity index (χ4n) is 1.89. The molecule has 4 N–H and O–H groups in total. The summed E-state index contributed by atoms with van der Waals surface area (Å²) in [5, 5.41) is 7.44. The van der Waals surface area contributed by atoms with Gasteiger partial charge in [-0.05, 0) is 35.1 Å². The van der Waals surface area contributed by atoms with Crippen molar-refractivity contribution in [3.8, 4) is 0 Å². The number of carbonyl (C=O) groups is 2. The summed E-state index contributed by atoms with van der Waals surface area (Å²) in [4.78, 5) is 24.8. The first-order chi connectivity index (χ1) is 10.8. The predicted octanol–water partition coefficient (Wildman–Crippen LogP) is 3.73. The van der Waals surface area contributed by atoms with Crippen LogP contribution in [0.1, 0.15) is 30.4 Å². The van der Waals surface area contributed by atoms with Crippen LogP contribution in [0.25, 0.3) is 0 Å². The van der Waals surface area contributed by atoms with Gasteiger partial charge in [-0.15, -0.1) is 23.7 Å². The Morgan fingerprint density at radius 3 is 2.25 bits per heavy atom. The molecule has 0 fully saturated rings. The molecule has 7 heteroatoms. The molecule has 1 aromatic carbocycles. The van der Waals surface area contributed by atoms with Gasteiger partial charge < -0.3 is 16.4 Å². The Balaban J connectivity index is 0.00000288. The van der Waals surface area contributed by atoms with Crippen molar-refractivity contribution in [3.05, 3.63) is 46.7 Å². The third-order valence-electron chi connectivity index (χ3n) is 3.35. The van der Waals surface area contributed by atoms with Crippen LogP contribution in [0, 0.1) is 5.41 Å². The molecule has 0 saturated carbocycles. The molecule has 2 amide bonds. The first-order valence-corrected chi connectivity index (χ1v) is 8.17. The highest BCUT2D eigenvalue weighted by Gasteiger charge is 2.27. The Hall–Kier alpha value is -1.89. The van der Waals surface area contributed by atoms with Crippen LogP contribution in [-0.4, -0.2) is 17.9 Å². The van der Waals surface area contributed by atoms with Crippen LogP contribution in [0.3, 0.4) is 0 Å². The minimum atomic E-state index is -0.619. The van der Waals surface area contributed by atoms with Gasteiger partial charge in [0.15, 0.2) is 0 Å². The van der Waals surface area contributed by atoms with E-state index in [4.69, 9.17) is 5.73 Å². The first-order valence-electron chi connectivity index (χ1n) is 7.29. The Morgan fingerprint density at radius 1 is 1.08 bits per heavy atom. The van der Waals surface area contributed by atoms with E-state index < -0.39 is 6.04 Å². The summed E-state index contributed by atoms with van der Waals surface area (Å²) in [6, 6.07) is 9.96. The maximum absolute atomic E-state index is 12.2. The van der Waals surface area contributed by atoms with Crippen LogP contribution < -0.4 is 16.4 Å². The Labute approximate surface area is 152 Å². The molecular weight excluding hydrogens is 346 g/mol. The number of hydrogen-bond donors (Lipinski definition) is 3. The van der Waals surface area contributed by atoms with Gasteiger partial charge in [-0.1, -0.05) is 32.9 Å². The SMILES string of the molecule is CC(C)(C)[C@H](N)C(=O)Nc1cccc(NC(=O)c2cccs2)c1.Cl. The van der Waals surface area contributed by atoms with E-state index in [9.17, 15) is 9.59 Å². The molecule has 24 heavy (non-hydrogen) atoms. The fourth-order valence-corrected chi connectivity index (χ4v) is 2.51. The zero-order valence-corrected chi connectivity index (χ0v) is 15.5. The van der Waals surface area contributed by atoms with Crippen LogP contribution in [0.15, 0.2) is 41.8 Å². The lowest BCUT2D eigenvalue weighted by atomic mass is 9.87. The lowest BCUT2D eigenvalue weighted by Crippen LogP contribution is -2.45. The largest absolute Gasteiger partial charge is 0.325 e. The number of anilines is 2. The van der Waals surface area contributed by atoms with Crippen molar-refractivity contribution >= 4 is 46.9 Å². The number of nitrogens with two attached hydrogens (primary N) is 1. The molecule has 0 spiro atoms. The average Bonchev–Trinajstić information content (AvgIpc) is 3.00. The summed E-state index contributed by atoms with van der Waals surface area (Å²) >= 11 is 1.37. The van der Waals surface area contributed by atoms with Crippen LogP contribution in [0.2, 0.25) is 0 Å². The standard InChI is InChI=1S/C17H21N3O2S.ClH/c1-17(2,3)14(18)16(22)20-12-7-4-6-11(10-12)19-15(21)13-8-5-9-23-13;/h4-10,14H,18H2,1-3H3,(H,19,21)(H,20,22);1H/t14-;/m1./s1. The molecule has 0 radical (unpaired) electrons. The smallest absolute Gasteiger partial charge is 0.265 e. The van der Waals surface area contributed by atoms with Gasteiger partial charge in [0.25, 0.3) is 5.91 Å². The van der Waals surface area contributed by atoms with Crippen molar-refractivity contribution in [3.63, 3.8) is 0 Å². The van der Waals surface area contributed by atoms with E-state index in [-0.39, 0.29) is 29.6 Å². The number of benzene rings is 1. The normalized spacial score (nSPS) is 12.0. The number of rotatable bonds is 4. The maximum atomic E-state index is 12.2. The second-order valence-corrected chi connectivity index (χ2v) is 7.29. The van der Waals surface area contributed by atoms with Crippen molar-refractivity contribution in [2.75, 3.05) is 10.6 Å². The Kier molecular flexibility index (Phi) is 6.95. The molecule has 0 aliphatic carbocycles. The van der Waals surface area contributed by atoms with E-state index in [1.54, 1.807) is 30.3 Å². The van der Waals surface area contributed by atoms with E-state index in [0.29, 0.717) is 16.3 Å². The van der Waals surface area contributed by atoms with Gasteiger partial charge in [-0.3, -0.25) is 9.59 Å². The second kappa shape index (κ2) is 8.28. The number of thiophene rings is 1. The summed E-state index contributed by atoms with van der Waals surface area (Å²) in [5.41, 5.74) is 6.83. The maximum Gasteiger partial charge on any atom is 0.265 e. The third kappa shape index (κ3) is 5.33. The summed E-state index contributed by atoms with van der Waals surface area (Å²) < 4.78 is 0. The van der Waals surface area contributed by atoms with Crippen LogP contribution in [0.4, 0.5) is 11.4 Å². The highest BCUT2D eigenvalue weighted by atomic mass is 35.5. The molecule has 0 aliphatic rings. The molecule has 5 nitrogen and oxygen atoms in total. The van der Waals surface area contributed by atoms with E-state index in [2.05, 4.69) is 10.6 Å². The number of nitrogens with one attached hydrogen (secondary N) is 2.